The molecule has 1 heterocycles. The summed E-state index contributed by atoms with van der Waals surface area (Å²) in [6.45, 7) is 5.41. The summed E-state index contributed by atoms with van der Waals surface area (Å²) in [4.78, 5) is 11.9. The van der Waals surface area contributed by atoms with E-state index in [0.717, 1.165) is 12.1 Å². The normalized spacial score (nSPS) is 13.5. The maximum atomic E-state index is 11.9. The van der Waals surface area contributed by atoms with Crippen molar-refractivity contribution in [2.24, 2.45) is 5.92 Å². The predicted molar refractivity (Wildman–Crippen MR) is 107 cm³/mol. The number of amides is 1. The van der Waals surface area contributed by atoms with E-state index in [2.05, 4.69) is 30.0 Å². The first kappa shape index (κ1) is 20.0. The summed E-state index contributed by atoms with van der Waals surface area (Å²) in [5, 5.41) is 3.53. The molecule has 0 aliphatic carbocycles. The Labute approximate surface area is 160 Å². The van der Waals surface area contributed by atoms with E-state index >= 15 is 0 Å². The second-order valence-electron chi connectivity index (χ2n) is 6.37. The molecule has 1 aromatic carbocycles. The van der Waals surface area contributed by atoms with Crippen LogP contribution in [0.25, 0.3) is 6.08 Å². The van der Waals surface area contributed by atoms with E-state index in [9.17, 15) is 4.79 Å². The molecule has 7 heteroatoms. The number of unbranched alkanes of at least 4 members (excludes halogenated alkanes) is 2. The van der Waals surface area contributed by atoms with Gasteiger partial charge in [-0.15, -0.1) is 0 Å². The van der Waals surface area contributed by atoms with Gasteiger partial charge >= 0.3 is 0 Å². The molecule has 26 heavy (non-hydrogen) atoms. The molecule has 0 unspecified atom stereocenters. The van der Waals surface area contributed by atoms with Crippen LogP contribution in [-0.2, 0) is 4.79 Å². The van der Waals surface area contributed by atoms with Crippen LogP contribution in [0.2, 0.25) is 0 Å². The monoisotopic (exact) mass is 377 g/mol. The average molecular weight is 378 g/mol. The van der Waals surface area contributed by atoms with Gasteiger partial charge in [-0.2, -0.15) is 0 Å². The SMILES string of the molecule is CCCCC[C@@H](C)CNC(=S)NNC(=O)/C=C/c1ccc2c(c1)OCO2. The molecule has 0 radical (unpaired) electrons. The van der Waals surface area contributed by atoms with Gasteiger partial charge in [-0.25, -0.2) is 0 Å². The van der Waals surface area contributed by atoms with Crippen molar-refractivity contribution in [2.75, 3.05) is 13.3 Å². The predicted octanol–water partition coefficient (Wildman–Crippen LogP) is 3.14. The molecule has 1 atom stereocenters. The van der Waals surface area contributed by atoms with Crippen LogP contribution in [0.5, 0.6) is 11.5 Å². The second kappa shape index (κ2) is 10.7. The highest BCUT2D eigenvalue weighted by Gasteiger charge is 2.12. The summed E-state index contributed by atoms with van der Waals surface area (Å²) in [7, 11) is 0. The van der Waals surface area contributed by atoms with Gasteiger partial charge in [0.05, 0.1) is 0 Å². The molecule has 0 bridgehead atoms. The highest BCUT2D eigenvalue weighted by atomic mass is 32.1. The molecule has 142 valence electrons. The zero-order chi connectivity index (χ0) is 18.8. The zero-order valence-electron chi connectivity index (χ0n) is 15.3. The van der Waals surface area contributed by atoms with Crippen LogP contribution in [0, 0.1) is 5.92 Å². The van der Waals surface area contributed by atoms with E-state index in [4.69, 9.17) is 21.7 Å². The molecule has 1 aliphatic rings. The van der Waals surface area contributed by atoms with Gasteiger partial charge in [0, 0.05) is 12.6 Å². The number of hydrogen-bond donors (Lipinski definition) is 3. The van der Waals surface area contributed by atoms with Crippen LogP contribution in [0.3, 0.4) is 0 Å². The van der Waals surface area contributed by atoms with Crippen molar-refractivity contribution in [3.05, 3.63) is 29.8 Å². The summed E-state index contributed by atoms with van der Waals surface area (Å²) in [5.74, 6) is 1.66. The van der Waals surface area contributed by atoms with Crippen molar-refractivity contribution in [3.63, 3.8) is 0 Å². The second-order valence-corrected chi connectivity index (χ2v) is 6.78. The van der Waals surface area contributed by atoms with Crippen molar-refractivity contribution in [3.8, 4) is 11.5 Å². The fourth-order valence-corrected chi connectivity index (χ4v) is 2.64. The molecule has 0 saturated heterocycles. The standard InChI is InChI=1S/C19H27N3O3S/c1-3-4-5-6-14(2)12-20-19(26)22-21-18(23)10-8-15-7-9-16-17(11-15)25-13-24-16/h7-11,14H,3-6,12-13H2,1-2H3,(H,21,23)(H2,20,22,26)/b10-8+/t14-/m1/s1. The van der Waals surface area contributed by atoms with Gasteiger partial charge in [-0.05, 0) is 48.3 Å². The quantitative estimate of drug-likeness (QED) is 0.280. The van der Waals surface area contributed by atoms with Gasteiger partial charge in [-0.3, -0.25) is 15.6 Å². The van der Waals surface area contributed by atoms with E-state index in [1.165, 1.54) is 31.8 Å². The molecule has 6 nitrogen and oxygen atoms in total. The third-order valence-electron chi connectivity index (χ3n) is 4.03. The fourth-order valence-electron chi connectivity index (χ4n) is 2.50. The average Bonchev–Trinajstić information content (AvgIpc) is 3.11. The number of carbonyl (C=O) groups is 1. The Hall–Kier alpha value is -2.28. The zero-order valence-corrected chi connectivity index (χ0v) is 16.2. The minimum atomic E-state index is -0.289. The van der Waals surface area contributed by atoms with Crippen molar-refractivity contribution in [2.45, 2.75) is 39.5 Å². The Balaban J connectivity index is 1.65. The largest absolute Gasteiger partial charge is 0.454 e. The summed E-state index contributed by atoms with van der Waals surface area (Å²) in [6.07, 6.45) is 8.03. The number of hydrazine groups is 1. The first-order valence-corrected chi connectivity index (χ1v) is 9.41. The Kier molecular flexibility index (Phi) is 8.21. The molecule has 1 amide bonds. The lowest BCUT2D eigenvalue weighted by molar-refractivity contribution is -0.116. The number of nitrogens with one attached hydrogen (secondary N) is 3. The molecule has 1 aliphatic heterocycles. The van der Waals surface area contributed by atoms with E-state index < -0.39 is 0 Å². The van der Waals surface area contributed by atoms with Gasteiger partial charge in [0.2, 0.25) is 6.79 Å². The minimum Gasteiger partial charge on any atom is -0.454 e. The number of carbonyl (C=O) groups excluding carboxylic acids is 1. The summed E-state index contributed by atoms with van der Waals surface area (Å²) >= 11 is 5.17. The van der Waals surface area contributed by atoms with Crippen molar-refractivity contribution < 1.29 is 14.3 Å². The van der Waals surface area contributed by atoms with Crippen LogP contribution in [0.15, 0.2) is 24.3 Å². The Bertz CT molecular complexity index is 649. The molecule has 0 aromatic heterocycles. The Morgan fingerprint density at radius 3 is 2.88 bits per heavy atom. The molecule has 1 aromatic rings. The van der Waals surface area contributed by atoms with E-state index in [1.807, 2.05) is 18.2 Å². The molecule has 0 saturated carbocycles. The van der Waals surface area contributed by atoms with Crippen LogP contribution in [0.4, 0.5) is 0 Å². The van der Waals surface area contributed by atoms with Crippen LogP contribution in [-0.4, -0.2) is 24.4 Å². The number of fused-ring (bicyclic) bond motifs is 1. The first-order chi connectivity index (χ1) is 12.6. The van der Waals surface area contributed by atoms with Gasteiger partial charge in [0.25, 0.3) is 5.91 Å². The third-order valence-corrected chi connectivity index (χ3v) is 4.28. The Morgan fingerprint density at radius 1 is 1.27 bits per heavy atom. The van der Waals surface area contributed by atoms with E-state index in [0.29, 0.717) is 22.5 Å². The number of hydrogen-bond acceptors (Lipinski definition) is 4. The van der Waals surface area contributed by atoms with Crippen molar-refractivity contribution >= 4 is 29.3 Å². The topological polar surface area (TPSA) is 71.6 Å². The summed E-state index contributed by atoms with van der Waals surface area (Å²) in [6, 6.07) is 5.50. The molecule has 0 spiro atoms. The van der Waals surface area contributed by atoms with Crippen molar-refractivity contribution in [1.82, 2.24) is 16.2 Å². The third kappa shape index (κ3) is 6.92. The highest BCUT2D eigenvalue weighted by molar-refractivity contribution is 7.80. The number of benzene rings is 1. The summed E-state index contributed by atoms with van der Waals surface area (Å²) < 4.78 is 10.6. The molecule has 2 rings (SSSR count). The maximum Gasteiger partial charge on any atom is 0.262 e. The number of ether oxygens (including phenoxy) is 2. The minimum absolute atomic E-state index is 0.231. The van der Waals surface area contributed by atoms with Crippen LogP contribution in [0.1, 0.15) is 45.1 Å². The summed E-state index contributed by atoms with van der Waals surface area (Å²) in [5.41, 5.74) is 6.11. The number of rotatable bonds is 8. The van der Waals surface area contributed by atoms with Gasteiger partial charge in [0.1, 0.15) is 0 Å². The lowest BCUT2D eigenvalue weighted by atomic mass is 10.0. The van der Waals surface area contributed by atoms with Gasteiger partial charge < -0.3 is 14.8 Å². The first-order valence-electron chi connectivity index (χ1n) is 9.00. The van der Waals surface area contributed by atoms with E-state index in [1.54, 1.807) is 6.08 Å². The van der Waals surface area contributed by atoms with Gasteiger partial charge in [-0.1, -0.05) is 39.2 Å². The highest BCUT2D eigenvalue weighted by Crippen LogP contribution is 2.32. The Morgan fingerprint density at radius 2 is 2.08 bits per heavy atom. The van der Waals surface area contributed by atoms with E-state index in [-0.39, 0.29) is 12.7 Å². The lowest BCUT2D eigenvalue weighted by Crippen LogP contribution is -2.47. The molecule has 0 fully saturated rings. The molecule has 3 N–H and O–H groups in total. The molecular formula is C19H27N3O3S. The van der Waals surface area contributed by atoms with Crippen molar-refractivity contribution in [1.29, 1.82) is 0 Å². The smallest absolute Gasteiger partial charge is 0.262 e. The van der Waals surface area contributed by atoms with Crippen LogP contribution < -0.4 is 25.6 Å². The molecular weight excluding hydrogens is 350 g/mol. The van der Waals surface area contributed by atoms with Crippen LogP contribution >= 0.6 is 12.2 Å². The fraction of sp³-hybridized carbons (Fsp3) is 0.474. The maximum absolute atomic E-state index is 11.9. The van der Waals surface area contributed by atoms with Gasteiger partial charge in [0.15, 0.2) is 16.6 Å². The lowest BCUT2D eigenvalue weighted by Gasteiger charge is -2.15. The number of thiocarbonyl (C=S) groups is 1.